The summed E-state index contributed by atoms with van der Waals surface area (Å²) < 4.78 is 0. The van der Waals surface area contributed by atoms with E-state index in [0.29, 0.717) is 27.2 Å². The number of thioether (sulfide) groups is 1. The van der Waals surface area contributed by atoms with Gasteiger partial charge in [-0.1, -0.05) is 11.8 Å². The molecular formula is C16H17N7S2. The van der Waals surface area contributed by atoms with Gasteiger partial charge in [0, 0.05) is 24.2 Å². The van der Waals surface area contributed by atoms with Crippen LogP contribution in [0.2, 0.25) is 0 Å². The van der Waals surface area contributed by atoms with Crippen molar-refractivity contribution >= 4 is 45.4 Å². The number of nitriles is 1. The highest BCUT2D eigenvalue weighted by Crippen LogP contribution is 2.42. The van der Waals surface area contributed by atoms with Crippen LogP contribution in [0, 0.1) is 17.9 Å². The minimum absolute atomic E-state index is 0.176. The molecule has 3 heterocycles. The third kappa shape index (κ3) is 3.63. The van der Waals surface area contributed by atoms with E-state index in [2.05, 4.69) is 25.8 Å². The molecule has 0 aromatic carbocycles. The molecule has 2 aromatic heterocycles. The van der Waals surface area contributed by atoms with Crippen molar-refractivity contribution in [2.75, 3.05) is 29.5 Å². The molecule has 1 fully saturated rings. The smallest absolute Gasteiger partial charge is 0.251 e. The number of hydrogen-bond donors (Lipinski definition) is 2. The number of aromatic nitrogens is 2. The number of thiazole rings is 1. The zero-order valence-corrected chi connectivity index (χ0v) is 15.2. The zero-order valence-electron chi connectivity index (χ0n) is 13.5. The Hall–Kier alpha value is -2.49. The normalized spacial score (nSPS) is 14.1. The first-order valence-electron chi connectivity index (χ1n) is 7.82. The number of hydrogen-bond acceptors (Lipinski definition) is 8. The minimum atomic E-state index is 0.176. The number of piperidine rings is 1. The largest absolute Gasteiger partial charge is 0.392 e. The van der Waals surface area contributed by atoms with Gasteiger partial charge >= 0.3 is 0 Å². The van der Waals surface area contributed by atoms with E-state index in [1.165, 1.54) is 29.5 Å². The number of rotatable bonds is 4. The minimum Gasteiger partial charge on any atom is -0.392 e. The van der Waals surface area contributed by atoms with Crippen LogP contribution in [0.15, 0.2) is 10.4 Å². The summed E-state index contributed by atoms with van der Waals surface area (Å²) in [5.74, 6) is 0.723. The first-order chi connectivity index (χ1) is 12.1. The summed E-state index contributed by atoms with van der Waals surface area (Å²) in [6.45, 7) is 9.12. The highest BCUT2D eigenvalue weighted by atomic mass is 32.2. The Morgan fingerprint density at radius 1 is 1.32 bits per heavy atom. The molecule has 3 rings (SSSR count). The molecule has 0 radical (unpaired) electrons. The standard InChI is InChI=1S/C16H17N7S2/c1-20-12-13(23-5-3-2-4-6-23)11(7-17)15(22-14(12)18)24-8-10-9-25-16(19)21-10/h9H,2-6,8H2,(H2,18,22)(H2,19,21). The molecule has 7 nitrogen and oxygen atoms in total. The van der Waals surface area contributed by atoms with Crippen LogP contribution in [0.25, 0.3) is 4.85 Å². The number of nitrogens with two attached hydrogens (primary N) is 2. The number of nitrogen functional groups attached to an aromatic ring is 2. The van der Waals surface area contributed by atoms with E-state index in [1.54, 1.807) is 0 Å². The molecule has 9 heteroatoms. The lowest BCUT2D eigenvalue weighted by atomic mass is 10.1. The molecule has 4 N–H and O–H groups in total. The fourth-order valence-corrected chi connectivity index (χ4v) is 4.38. The van der Waals surface area contributed by atoms with Crippen molar-refractivity contribution in [2.24, 2.45) is 0 Å². The Morgan fingerprint density at radius 2 is 2.08 bits per heavy atom. The van der Waals surface area contributed by atoms with E-state index in [1.807, 2.05) is 5.38 Å². The molecule has 0 bridgehead atoms. The van der Waals surface area contributed by atoms with E-state index in [-0.39, 0.29) is 11.5 Å². The molecular weight excluding hydrogens is 354 g/mol. The van der Waals surface area contributed by atoms with Gasteiger partial charge in [0.25, 0.3) is 5.69 Å². The van der Waals surface area contributed by atoms with Gasteiger partial charge in [-0.3, -0.25) is 0 Å². The Balaban J connectivity index is 1.99. The molecule has 0 saturated carbocycles. The van der Waals surface area contributed by atoms with Crippen LogP contribution in [0.5, 0.6) is 0 Å². The lowest BCUT2D eigenvalue weighted by Gasteiger charge is -2.31. The van der Waals surface area contributed by atoms with Crippen LogP contribution in [0.1, 0.15) is 30.5 Å². The molecule has 0 unspecified atom stereocenters. The lowest BCUT2D eigenvalue weighted by Crippen LogP contribution is -2.30. The predicted molar refractivity (Wildman–Crippen MR) is 102 cm³/mol. The number of pyridine rings is 1. The fourth-order valence-electron chi connectivity index (χ4n) is 2.83. The van der Waals surface area contributed by atoms with Crippen molar-refractivity contribution in [1.82, 2.24) is 9.97 Å². The maximum atomic E-state index is 9.73. The Bertz CT molecular complexity index is 857. The molecule has 0 amide bonds. The van der Waals surface area contributed by atoms with Crippen LogP contribution in [-0.2, 0) is 5.75 Å². The van der Waals surface area contributed by atoms with E-state index < -0.39 is 0 Å². The maximum absolute atomic E-state index is 9.73. The van der Waals surface area contributed by atoms with Gasteiger partial charge in [-0.25, -0.2) is 14.8 Å². The van der Waals surface area contributed by atoms with Crippen molar-refractivity contribution in [2.45, 2.75) is 30.0 Å². The Morgan fingerprint density at radius 3 is 2.68 bits per heavy atom. The third-order valence-corrected chi connectivity index (χ3v) is 5.69. The van der Waals surface area contributed by atoms with Gasteiger partial charge in [0.05, 0.1) is 23.5 Å². The summed E-state index contributed by atoms with van der Waals surface area (Å²) in [6.07, 6.45) is 3.26. The van der Waals surface area contributed by atoms with Crippen molar-refractivity contribution in [3.63, 3.8) is 0 Å². The molecule has 1 aliphatic heterocycles. The van der Waals surface area contributed by atoms with Crippen LogP contribution in [0.4, 0.5) is 22.3 Å². The highest BCUT2D eigenvalue weighted by molar-refractivity contribution is 7.98. The van der Waals surface area contributed by atoms with Crippen LogP contribution in [0.3, 0.4) is 0 Å². The van der Waals surface area contributed by atoms with Gasteiger partial charge in [-0.2, -0.15) is 5.26 Å². The SMILES string of the molecule is [C-]#[N+]c1c(N)nc(SCc2csc(N)n2)c(C#N)c1N1CCCCC1. The van der Waals surface area contributed by atoms with Gasteiger partial charge in [-0.05, 0) is 19.3 Å². The molecule has 0 spiro atoms. The monoisotopic (exact) mass is 371 g/mol. The molecule has 2 aromatic rings. The van der Waals surface area contributed by atoms with Crippen molar-refractivity contribution in [3.8, 4) is 6.07 Å². The third-order valence-electron chi connectivity index (χ3n) is 3.96. The quantitative estimate of drug-likeness (QED) is 0.626. The molecule has 1 saturated heterocycles. The van der Waals surface area contributed by atoms with Gasteiger partial charge in [0.1, 0.15) is 16.9 Å². The summed E-state index contributed by atoms with van der Waals surface area (Å²) in [7, 11) is 0. The number of nitrogens with zero attached hydrogens (tertiary/aromatic N) is 5. The first kappa shape index (κ1) is 17.3. The average molecular weight is 371 g/mol. The summed E-state index contributed by atoms with van der Waals surface area (Å²) in [6, 6.07) is 2.24. The number of anilines is 3. The van der Waals surface area contributed by atoms with E-state index in [9.17, 15) is 5.26 Å². The molecule has 1 aliphatic rings. The summed E-state index contributed by atoms with van der Waals surface area (Å²) in [4.78, 5) is 14.2. The van der Waals surface area contributed by atoms with Gasteiger partial charge in [0.2, 0.25) is 0 Å². The highest BCUT2D eigenvalue weighted by Gasteiger charge is 2.25. The molecule has 128 valence electrons. The van der Waals surface area contributed by atoms with Crippen molar-refractivity contribution in [3.05, 3.63) is 28.1 Å². The first-order valence-corrected chi connectivity index (χ1v) is 9.69. The molecule has 0 aliphatic carbocycles. The second-order valence-corrected chi connectivity index (χ2v) is 7.47. The topological polar surface area (TPSA) is 109 Å². The van der Waals surface area contributed by atoms with Crippen LogP contribution in [-0.4, -0.2) is 23.1 Å². The van der Waals surface area contributed by atoms with Crippen LogP contribution >= 0.6 is 23.1 Å². The molecule has 25 heavy (non-hydrogen) atoms. The summed E-state index contributed by atoms with van der Waals surface area (Å²) in [5, 5.41) is 12.7. The summed E-state index contributed by atoms with van der Waals surface area (Å²) >= 11 is 2.77. The maximum Gasteiger partial charge on any atom is 0.251 e. The Labute approximate surface area is 154 Å². The van der Waals surface area contributed by atoms with Gasteiger partial charge < -0.3 is 16.4 Å². The fraction of sp³-hybridized carbons (Fsp3) is 0.375. The average Bonchev–Trinajstić information content (AvgIpc) is 3.05. The van der Waals surface area contributed by atoms with Crippen molar-refractivity contribution in [1.29, 1.82) is 5.26 Å². The van der Waals surface area contributed by atoms with Gasteiger partial charge in [0.15, 0.2) is 5.13 Å². The van der Waals surface area contributed by atoms with Crippen molar-refractivity contribution < 1.29 is 0 Å². The second kappa shape index (κ2) is 7.60. The van der Waals surface area contributed by atoms with Gasteiger partial charge in [-0.15, -0.1) is 11.3 Å². The molecule has 0 atom stereocenters. The zero-order chi connectivity index (χ0) is 17.8. The van der Waals surface area contributed by atoms with E-state index in [4.69, 9.17) is 18.0 Å². The van der Waals surface area contributed by atoms with E-state index >= 15 is 0 Å². The lowest BCUT2D eigenvalue weighted by molar-refractivity contribution is 0.577. The van der Waals surface area contributed by atoms with E-state index in [0.717, 1.165) is 31.6 Å². The van der Waals surface area contributed by atoms with Crippen LogP contribution < -0.4 is 16.4 Å². The second-order valence-electron chi connectivity index (χ2n) is 5.61. The predicted octanol–water partition coefficient (Wildman–Crippen LogP) is 3.41. The summed E-state index contributed by atoms with van der Waals surface area (Å²) in [5.41, 5.74) is 13.9. The Kier molecular flexibility index (Phi) is 5.27.